The summed E-state index contributed by atoms with van der Waals surface area (Å²) in [5.41, 5.74) is 8.23. The Kier molecular flexibility index (Phi) is 20.5. The molecule has 5 aromatic rings. The van der Waals surface area contributed by atoms with Crippen LogP contribution in [-0.4, -0.2) is 114 Å². The average molecular weight is 1080 g/mol. The molecule has 0 radical (unpaired) electrons. The van der Waals surface area contributed by atoms with Crippen LogP contribution in [0.5, 0.6) is 5.75 Å². The van der Waals surface area contributed by atoms with E-state index < -0.39 is 49.6 Å². The summed E-state index contributed by atoms with van der Waals surface area (Å²) >= 11 is 6.41. The van der Waals surface area contributed by atoms with Gasteiger partial charge in [-0.25, -0.2) is 15.3 Å². The van der Waals surface area contributed by atoms with Gasteiger partial charge in [-0.2, -0.15) is 0 Å². The molecule has 23 nitrogen and oxygen atoms in total. The number of carbonyl (C=O) groups is 7. The SMILES string of the molecule is CC(C)[C@H](NCCNC(=O)CCCCCNC(=O)CON)C(=O)N[C@@H](CCCNC(N)=O)C(=O)Nc1ccc(C(=O)Nc2ccc3[nH]c(C(=O)N4C[C@@H](CCl)c5c4cc(OP(=O)(O)O)c4ccccc54)cc3c2)cc1. The number of H-pyrrole nitrogens is 1. The third-order valence-corrected chi connectivity index (χ3v) is 13.1. The van der Waals surface area contributed by atoms with Gasteiger partial charge in [-0.3, -0.25) is 43.4 Å². The summed E-state index contributed by atoms with van der Waals surface area (Å²) in [5, 5.41) is 21.3. The van der Waals surface area contributed by atoms with E-state index in [0.29, 0.717) is 71.0 Å². The number of phosphoric acid groups is 1. The van der Waals surface area contributed by atoms with Gasteiger partial charge in [0.15, 0.2) is 0 Å². The highest BCUT2D eigenvalue weighted by Crippen LogP contribution is 2.49. The first-order valence-corrected chi connectivity index (χ1v) is 26.4. The van der Waals surface area contributed by atoms with Crippen LogP contribution in [0.15, 0.2) is 78.9 Å². The Morgan fingerprint density at radius 1 is 0.813 bits per heavy atom. The number of fused-ring (bicyclic) bond motifs is 4. The van der Waals surface area contributed by atoms with Crippen molar-refractivity contribution in [2.24, 2.45) is 17.5 Å². The molecule has 0 spiro atoms. The molecule has 1 aromatic heterocycles. The lowest BCUT2D eigenvalue weighted by atomic mass is 9.95. The molecule has 3 atom stereocenters. The van der Waals surface area contributed by atoms with Crippen LogP contribution in [0.1, 0.15) is 84.7 Å². The van der Waals surface area contributed by atoms with Crippen LogP contribution in [0.25, 0.3) is 21.7 Å². The molecule has 2 heterocycles. The first kappa shape index (κ1) is 57.2. The Labute approximate surface area is 437 Å². The van der Waals surface area contributed by atoms with Gasteiger partial charge in [0.2, 0.25) is 23.6 Å². The normalized spacial score (nSPS) is 14.0. The highest BCUT2D eigenvalue weighted by atomic mass is 35.5. The minimum absolute atomic E-state index is 0.0794. The Morgan fingerprint density at radius 3 is 2.21 bits per heavy atom. The fourth-order valence-corrected chi connectivity index (χ4v) is 9.34. The number of alkyl halides is 1. The zero-order valence-corrected chi connectivity index (χ0v) is 43.1. The predicted octanol–water partition coefficient (Wildman–Crippen LogP) is 4.20. The molecule has 25 heteroatoms. The number of primary amides is 1. The standard InChI is InChI=1S/C50H63ClN11O12P/c1-29(2)45(56-22-21-55-42(63)12-4-3-7-19-54-43(64)28-73-53)48(67)61-38(11-8-20-57-50(52)69)47(66)58-33-15-13-30(14-16-33)46(65)59-34-17-18-37-31(23-34)24-39(60-37)49(68)62-27-32(26-51)44-36-10-6-5-9-35(36)41(25-40(44)62)74-75(70,71)72/h5-6,9-10,13-18,23-25,29,32,38,45,56,60H,3-4,7-8,11-12,19-22,26-28,53H2,1-2H3,(H,54,64)(H,55,63)(H,58,66)(H,59,65)(H,61,67)(H3,52,57,69)(H2,70,71,72)/t32-,38+,45+/m1/s1. The van der Waals surface area contributed by atoms with Gasteiger partial charge in [-0.15, -0.1) is 11.6 Å². The number of hydrogen-bond donors (Lipinski definition) is 12. The van der Waals surface area contributed by atoms with Crippen molar-refractivity contribution in [3.8, 4) is 5.75 Å². The zero-order chi connectivity index (χ0) is 54.2. The van der Waals surface area contributed by atoms with Gasteiger partial charge in [-0.05, 0) is 91.1 Å². The van der Waals surface area contributed by atoms with Crippen molar-refractivity contribution in [2.45, 2.75) is 70.4 Å². The van der Waals surface area contributed by atoms with Crippen molar-refractivity contribution < 1.29 is 57.3 Å². The fraction of sp³-hybridized carbons (Fsp3) is 0.380. The van der Waals surface area contributed by atoms with E-state index in [1.807, 2.05) is 13.8 Å². The number of amides is 8. The number of halogens is 1. The molecule has 0 bridgehead atoms. The van der Waals surface area contributed by atoms with E-state index in [-0.39, 0.29) is 85.7 Å². The molecule has 0 fully saturated rings. The summed E-state index contributed by atoms with van der Waals surface area (Å²) in [5.74, 6) is 2.15. The molecule has 0 saturated heterocycles. The number of benzene rings is 4. The molecule has 0 saturated carbocycles. The summed E-state index contributed by atoms with van der Waals surface area (Å²) < 4.78 is 17.0. The van der Waals surface area contributed by atoms with E-state index in [4.69, 9.17) is 27.8 Å². The fourth-order valence-electron chi connectivity index (χ4n) is 8.68. The number of unbranched alkanes of at least 4 members (excludes halogenated alkanes) is 2. The molecular weight excluding hydrogens is 1010 g/mol. The molecule has 1 aliphatic heterocycles. The number of hydrogen-bond acceptors (Lipinski definition) is 12. The summed E-state index contributed by atoms with van der Waals surface area (Å²) in [4.78, 5) is 118. The minimum atomic E-state index is -4.95. The van der Waals surface area contributed by atoms with E-state index in [9.17, 15) is 47.9 Å². The van der Waals surface area contributed by atoms with Crippen LogP contribution >= 0.6 is 19.4 Å². The lowest BCUT2D eigenvalue weighted by Crippen LogP contribution is -2.54. The summed E-state index contributed by atoms with van der Waals surface area (Å²) in [6.07, 6.45) is 2.79. The summed E-state index contributed by atoms with van der Waals surface area (Å²) in [6.45, 7) is 4.79. The number of aromatic nitrogens is 1. The second kappa shape index (κ2) is 26.9. The van der Waals surface area contributed by atoms with Gasteiger partial charge in [0, 0.05) is 90.2 Å². The largest absolute Gasteiger partial charge is 0.524 e. The molecule has 0 unspecified atom stereocenters. The van der Waals surface area contributed by atoms with Crippen molar-refractivity contribution in [3.63, 3.8) is 0 Å². The second-order valence-electron chi connectivity index (χ2n) is 18.2. The number of carbonyl (C=O) groups excluding carboxylic acids is 7. The van der Waals surface area contributed by atoms with Crippen LogP contribution in [0.4, 0.5) is 21.9 Å². The third-order valence-electron chi connectivity index (χ3n) is 12.3. The van der Waals surface area contributed by atoms with Crippen LogP contribution in [0, 0.1) is 5.92 Å². The lowest BCUT2D eigenvalue weighted by molar-refractivity contribution is -0.128. The van der Waals surface area contributed by atoms with E-state index in [1.165, 1.54) is 35.2 Å². The van der Waals surface area contributed by atoms with Gasteiger partial charge in [0.25, 0.3) is 11.8 Å². The second-order valence-corrected chi connectivity index (χ2v) is 19.7. The van der Waals surface area contributed by atoms with Crippen molar-refractivity contribution in [1.82, 2.24) is 31.6 Å². The molecule has 4 aromatic carbocycles. The maximum Gasteiger partial charge on any atom is 0.524 e. The maximum atomic E-state index is 14.2. The number of urea groups is 1. The topological polar surface area (TPSA) is 351 Å². The van der Waals surface area contributed by atoms with E-state index in [1.54, 1.807) is 48.5 Å². The van der Waals surface area contributed by atoms with Gasteiger partial charge < -0.3 is 57.4 Å². The number of nitrogens with one attached hydrogen (secondary N) is 8. The minimum Gasteiger partial charge on any atom is -0.404 e. The number of nitrogens with zero attached hydrogens (tertiary/aromatic N) is 1. The van der Waals surface area contributed by atoms with Gasteiger partial charge in [0.1, 0.15) is 24.1 Å². The highest BCUT2D eigenvalue weighted by molar-refractivity contribution is 7.46. The summed E-state index contributed by atoms with van der Waals surface area (Å²) in [6, 6.07) is 18.7. The van der Waals surface area contributed by atoms with E-state index in [2.05, 4.69) is 47.0 Å². The number of anilines is 3. The van der Waals surface area contributed by atoms with Crippen molar-refractivity contribution in [3.05, 3.63) is 95.7 Å². The van der Waals surface area contributed by atoms with Gasteiger partial charge >= 0.3 is 13.9 Å². The maximum absolute atomic E-state index is 14.2. The van der Waals surface area contributed by atoms with Gasteiger partial charge in [0.05, 0.1) is 11.7 Å². The number of rotatable bonds is 27. The van der Waals surface area contributed by atoms with Gasteiger partial charge in [-0.1, -0.05) is 44.5 Å². The first-order chi connectivity index (χ1) is 35.8. The Hall–Kier alpha value is -7.11. The molecule has 14 N–H and O–H groups in total. The van der Waals surface area contributed by atoms with Crippen molar-refractivity contribution in [2.75, 3.05) is 60.7 Å². The average Bonchev–Trinajstić information content (AvgIpc) is 3.97. The van der Waals surface area contributed by atoms with Crippen LogP contribution in [0.2, 0.25) is 0 Å². The van der Waals surface area contributed by atoms with Crippen molar-refractivity contribution in [1.29, 1.82) is 0 Å². The molecule has 8 amide bonds. The Balaban J connectivity index is 1.04. The molecule has 1 aliphatic rings. The molecule has 402 valence electrons. The first-order valence-electron chi connectivity index (χ1n) is 24.3. The van der Waals surface area contributed by atoms with Crippen LogP contribution < -0.4 is 58.3 Å². The smallest absolute Gasteiger partial charge is 0.404 e. The molecule has 75 heavy (non-hydrogen) atoms. The number of phosphoric ester groups is 1. The summed E-state index contributed by atoms with van der Waals surface area (Å²) in [7, 11) is -4.95. The Morgan fingerprint density at radius 2 is 1.52 bits per heavy atom. The molecular formula is C50H63ClN11O12P. The quantitative estimate of drug-likeness (QED) is 0.0152. The highest BCUT2D eigenvalue weighted by Gasteiger charge is 2.36. The predicted molar refractivity (Wildman–Crippen MR) is 283 cm³/mol. The Bertz CT molecular complexity index is 2920. The van der Waals surface area contributed by atoms with Crippen molar-refractivity contribution >= 4 is 99.6 Å². The van der Waals surface area contributed by atoms with E-state index >= 15 is 0 Å². The lowest BCUT2D eigenvalue weighted by Gasteiger charge is -2.25. The van der Waals surface area contributed by atoms with Crippen LogP contribution in [-0.2, 0) is 28.6 Å². The number of aromatic amines is 1. The van der Waals surface area contributed by atoms with Crippen LogP contribution in [0.3, 0.4) is 0 Å². The monoisotopic (exact) mass is 1080 g/mol. The third kappa shape index (κ3) is 16.2. The zero-order valence-electron chi connectivity index (χ0n) is 41.4. The van der Waals surface area contributed by atoms with E-state index in [0.717, 1.165) is 12.0 Å². The molecule has 0 aliphatic carbocycles. The molecule has 6 rings (SSSR count). The number of nitrogens with two attached hydrogens (primary N) is 2.